The van der Waals surface area contributed by atoms with E-state index in [4.69, 9.17) is 9.97 Å². The van der Waals surface area contributed by atoms with Gasteiger partial charge in [-0.3, -0.25) is 24.0 Å². The van der Waals surface area contributed by atoms with E-state index >= 15 is 0 Å². The van der Waals surface area contributed by atoms with E-state index in [0.29, 0.717) is 35.9 Å². The molecule has 10 rings (SSSR count). The van der Waals surface area contributed by atoms with Crippen molar-refractivity contribution < 1.29 is 14.4 Å². The maximum atomic E-state index is 13.6. The van der Waals surface area contributed by atoms with Gasteiger partial charge in [0.15, 0.2) is 0 Å². The average Bonchev–Trinajstić information content (AvgIpc) is 3.91. The van der Waals surface area contributed by atoms with E-state index in [0.717, 1.165) is 112 Å². The van der Waals surface area contributed by atoms with Crippen LogP contribution in [0.4, 0.5) is 17.5 Å². The van der Waals surface area contributed by atoms with Gasteiger partial charge in [-0.2, -0.15) is 4.98 Å². The van der Waals surface area contributed by atoms with Gasteiger partial charge in [0.25, 0.3) is 0 Å². The molecule has 0 radical (unpaired) electrons. The number of amides is 2. The second-order valence-corrected chi connectivity index (χ2v) is 20.1. The van der Waals surface area contributed by atoms with Crippen LogP contribution in [0.1, 0.15) is 103 Å². The average molecular weight is 877 g/mol. The van der Waals surface area contributed by atoms with Crippen LogP contribution in [0.2, 0.25) is 0 Å². The molecule has 6 heterocycles. The molecule has 4 saturated heterocycles. The first-order valence-electron chi connectivity index (χ1n) is 23.4. The molecule has 63 heavy (non-hydrogen) atoms. The predicted octanol–water partition coefficient (Wildman–Crippen LogP) is 6.70. The van der Waals surface area contributed by atoms with Crippen molar-refractivity contribution in [2.75, 3.05) is 61.4 Å². The number of hydrogen-bond acceptors (Lipinski definition) is 12. The van der Waals surface area contributed by atoms with Crippen LogP contribution in [0.15, 0.2) is 53.5 Å². The van der Waals surface area contributed by atoms with Crippen molar-refractivity contribution in [2.45, 2.75) is 115 Å². The Morgan fingerprint density at radius 1 is 0.921 bits per heavy atom. The number of aromatic nitrogens is 4. The van der Waals surface area contributed by atoms with E-state index in [1.54, 1.807) is 16.2 Å². The minimum Gasteiger partial charge on any atom is -0.371 e. The Labute approximate surface area is 375 Å². The van der Waals surface area contributed by atoms with E-state index < -0.39 is 17.4 Å². The fourth-order valence-electron chi connectivity index (χ4n) is 11.2. The Morgan fingerprint density at radius 2 is 1.70 bits per heavy atom. The van der Waals surface area contributed by atoms with E-state index in [-0.39, 0.29) is 23.4 Å². The van der Waals surface area contributed by atoms with Crippen LogP contribution in [0.5, 0.6) is 0 Å². The number of piperidine rings is 3. The lowest BCUT2D eigenvalue weighted by Gasteiger charge is -2.55. The summed E-state index contributed by atoms with van der Waals surface area (Å²) in [6, 6.07) is 14.6. The van der Waals surface area contributed by atoms with Crippen LogP contribution >= 0.6 is 12.1 Å². The summed E-state index contributed by atoms with van der Waals surface area (Å²) in [5.41, 5.74) is 5.22. The molecule has 15 heteroatoms. The maximum Gasteiger partial charge on any atom is 0.329 e. The van der Waals surface area contributed by atoms with Crippen LogP contribution in [0.3, 0.4) is 0 Å². The van der Waals surface area contributed by atoms with E-state index in [1.807, 2.05) is 50.4 Å². The van der Waals surface area contributed by atoms with Gasteiger partial charge in [-0.1, -0.05) is 51.5 Å². The van der Waals surface area contributed by atoms with Crippen LogP contribution in [0, 0.1) is 11.3 Å². The highest BCUT2D eigenvalue weighted by Crippen LogP contribution is 2.50. The number of carbonyl (C=O) groups is 3. The Hall–Kier alpha value is -4.73. The van der Waals surface area contributed by atoms with Gasteiger partial charge in [-0.25, -0.2) is 18.4 Å². The quantitative estimate of drug-likeness (QED) is 0.0942. The third kappa shape index (κ3) is 8.29. The molecular weight excluding hydrogens is 813 g/mol. The lowest BCUT2D eigenvalue weighted by molar-refractivity contribution is -0.135. The number of imide groups is 1. The Morgan fingerprint density at radius 3 is 2.41 bits per heavy atom. The smallest absolute Gasteiger partial charge is 0.329 e. The van der Waals surface area contributed by atoms with Crippen molar-refractivity contribution in [2.24, 2.45) is 18.4 Å². The second-order valence-electron chi connectivity index (χ2n) is 18.9. The number of nitrogens with one attached hydrogen (secondary N) is 2. The van der Waals surface area contributed by atoms with Gasteiger partial charge >= 0.3 is 5.69 Å². The van der Waals surface area contributed by atoms with Gasteiger partial charge in [0, 0.05) is 112 Å². The zero-order valence-electron chi connectivity index (χ0n) is 37.6. The summed E-state index contributed by atoms with van der Waals surface area (Å²) in [5.74, 6) is 1.49. The van der Waals surface area contributed by atoms with Crippen LogP contribution in [-0.4, -0.2) is 104 Å². The van der Waals surface area contributed by atoms with Crippen molar-refractivity contribution in [1.29, 1.82) is 0 Å². The summed E-state index contributed by atoms with van der Waals surface area (Å²) in [5, 5.41) is 6.09. The molecule has 14 nitrogen and oxygen atoms in total. The molecule has 6 aliphatic rings. The zero-order chi connectivity index (χ0) is 44.0. The first kappa shape index (κ1) is 43.5. The summed E-state index contributed by atoms with van der Waals surface area (Å²) < 4.78 is 8.24. The molecule has 1 spiro atoms. The molecular formula is C48H64N10O4S. The highest BCUT2D eigenvalue weighted by Gasteiger charge is 2.49. The number of rotatable bonds is 11. The first-order valence-corrected chi connectivity index (χ1v) is 24.2. The second kappa shape index (κ2) is 17.7. The number of anilines is 3. The van der Waals surface area contributed by atoms with Crippen molar-refractivity contribution in [3.63, 3.8) is 0 Å². The highest BCUT2D eigenvalue weighted by atomic mass is 32.2. The molecule has 2 aliphatic carbocycles. The van der Waals surface area contributed by atoms with Crippen LogP contribution in [-0.2, 0) is 26.8 Å². The van der Waals surface area contributed by atoms with Crippen molar-refractivity contribution >= 4 is 58.7 Å². The number of para-hydroxylation sites is 1. The van der Waals surface area contributed by atoms with Crippen LogP contribution in [0.25, 0.3) is 22.2 Å². The molecule has 3 atom stereocenters. The molecule has 4 aromatic rings. The Balaban J connectivity index is 0.00000249. The van der Waals surface area contributed by atoms with Gasteiger partial charge in [0.05, 0.1) is 16.4 Å². The third-order valence-electron chi connectivity index (χ3n) is 14.8. The Kier molecular flexibility index (Phi) is 12.2. The molecule has 2 amide bonds. The van der Waals surface area contributed by atoms with Crippen molar-refractivity contribution in [1.82, 2.24) is 33.0 Å². The van der Waals surface area contributed by atoms with E-state index in [1.165, 1.54) is 24.9 Å². The number of imidazole rings is 1. The maximum absolute atomic E-state index is 13.6. The van der Waals surface area contributed by atoms with Gasteiger partial charge in [-0.15, -0.1) is 0 Å². The first-order chi connectivity index (χ1) is 30.5. The van der Waals surface area contributed by atoms with E-state index in [2.05, 4.69) is 67.3 Å². The summed E-state index contributed by atoms with van der Waals surface area (Å²) in [4.78, 5) is 65.2. The summed E-state index contributed by atoms with van der Waals surface area (Å²) in [6.07, 6.45) is 13.4. The van der Waals surface area contributed by atoms with E-state index in [9.17, 15) is 19.2 Å². The number of aryl methyl sites for hydroxylation is 1. The van der Waals surface area contributed by atoms with Crippen molar-refractivity contribution in [3.8, 4) is 11.1 Å². The van der Waals surface area contributed by atoms with Gasteiger partial charge in [0.2, 0.25) is 17.8 Å². The monoisotopic (exact) mass is 876 g/mol. The standard InChI is InChI=1S/C46H58N10O4S.C2H6/c1-30-8-4-12-36(30)51(2)41-35(46(29-57)19-20-46)25-47-43(50-41)48-32-16-22-54(23-17-32)61-55-27-45(28-55)18-7-21-53(26-45)33-10-5-9-31(24-33)34-11-6-13-37-40(34)52(3)44(60)56(37)38-14-15-39(58)49-42(38)59;1-2/h5-6,9-11,13,24-25,29-30,32,36,38H,4,7-8,12,14-23,26-28H2,1-3H3,(H,47,48,50)(H,49,58,59);1-2H3. The number of nitrogens with zero attached hydrogens (tertiary/aromatic N) is 8. The number of benzene rings is 2. The normalized spacial score (nSPS) is 24.7. The van der Waals surface area contributed by atoms with Crippen LogP contribution < -0.4 is 26.1 Å². The zero-order valence-corrected chi connectivity index (χ0v) is 38.5. The lowest BCUT2D eigenvalue weighted by atomic mass is 9.74. The molecule has 2 saturated carbocycles. The summed E-state index contributed by atoms with van der Waals surface area (Å²) in [7, 11) is 3.92. The summed E-state index contributed by atoms with van der Waals surface area (Å²) >= 11 is 1.91. The largest absolute Gasteiger partial charge is 0.371 e. The molecule has 3 unspecified atom stereocenters. The molecule has 6 fully saturated rings. The fraction of sp³-hybridized carbons (Fsp3) is 0.583. The predicted molar refractivity (Wildman–Crippen MR) is 251 cm³/mol. The number of fused-ring (bicyclic) bond motifs is 1. The number of aldehydes is 1. The molecule has 4 aliphatic heterocycles. The molecule has 2 N–H and O–H groups in total. The van der Waals surface area contributed by atoms with Gasteiger partial charge in [-0.05, 0) is 87.5 Å². The lowest BCUT2D eigenvalue weighted by Crippen LogP contribution is -2.61. The Bertz CT molecular complexity index is 2410. The number of hydrogen-bond donors (Lipinski definition) is 2. The minimum atomic E-state index is -0.717. The molecule has 0 bridgehead atoms. The molecule has 2 aromatic heterocycles. The molecule has 336 valence electrons. The van der Waals surface area contributed by atoms with Gasteiger partial charge in [0.1, 0.15) is 18.1 Å². The summed E-state index contributed by atoms with van der Waals surface area (Å²) in [6.45, 7) is 12.5. The molecule has 2 aromatic carbocycles. The number of carbonyl (C=O) groups excluding carboxylic acids is 3. The third-order valence-corrected chi connectivity index (χ3v) is 15.9. The van der Waals surface area contributed by atoms with Gasteiger partial charge < -0.3 is 19.9 Å². The fourth-order valence-corrected chi connectivity index (χ4v) is 12.5. The minimum absolute atomic E-state index is 0.211. The highest BCUT2D eigenvalue weighted by molar-refractivity contribution is 7.94. The van der Waals surface area contributed by atoms with Crippen molar-refractivity contribution in [3.05, 3.63) is 64.7 Å². The SMILES string of the molecule is CC.CC1CCCC1N(C)c1nc(NC2CCN(SN3CC4(CCCN(c5cccc(-c6cccc7c6n(C)c(=O)n7C6CCC(=O)NC6=O)c5)C4)C3)CC2)ncc1C1(C=O)CC1. The topological polar surface area (TPSA) is 141 Å².